The van der Waals surface area contributed by atoms with Crippen molar-refractivity contribution in [3.63, 3.8) is 0 Å². The largest absolute Gasteiger partial charge is 0.383 e. The van der Waals surface area contributed by atoms with Crippen molar-refractivity contribution >= 4 is 15.9 Å². The van der Waals surface area contributed by atoms with Crippen LogP contribution in [-0.2, 0) is 14.8 Å². The first-order valence-corrected chi connectivity index (χ1v) is 9.53. The summed E-state index contributed by atoms with van der Waals surface area (Å²) in [5.41, 5.74) is 1.14. The molecule has 0 saturated carbocycles. The van der Waals surface area contributed by atoms with Crippen molar-refractivity contribution in [2.45, 2.75) is 30.7 Å². The first kappa shape index (κ1) is 18.9. The number of hydrogen-bond donors (Lipinski definition) is 3. The number of sulfonamides is 1. The third-order valence-electron chi connectivity index (χ3n) is 4.04. The number of hydrogen-bond acceptors (Lipinski definition) is 5. The molecule has 1 aromatic carbocycles. The molecule has 1 heterocycles. The van der Waals surface area contributed by atoms with Crippen molar-refractivity contribution in [1.29, 1.82) is 0 Å². The molecule has 1 aliphatic rings. The molecule has 0 bridgehead atoms. The number of aryl methyl sites for hydroxylation is 1. The third kappa shape index (κ3) is 5.01. The van der Waals surface area contributed by atoms with Gasteiger partial charge in [0.25, 0.3) is 5.91 Å². The van der Waals surface area contributed by atoms with Crippen LogP contribution in [0.15, 0.2) is 23.1 Å². The summed E-state index contributed by atoms with van der Waals surface area (Å²) in [6, 6.07) is 4.72. The predicted octanol–water partition coefficient (Wildman–Crippen LogP) is 0.402. The molecule has 1 saturated heterocycles. The summed E-state index contributed by atoms with van der Waals surface area (Å²) in [7, 11) is -2.16. The number of methoxy groups -OCH3 is 1. The van der Waals surface area contributed by atoms with Gasteiger partial charge in [-0.25, -0.2) is 13.1 Å². The molecule has 134 valence electrons. The van der Waals surface area contributed by atoms with Gasteiger partial charge in [0, 0.05) is 25.3 Å². The van der Waals surface area contributed by atoms with E-state index in [1.165, 1.54) is 19.2 Å². The molecule has 24 heavy (non-hydrogen) atoms. The Kier molecular flexibility index (Phi) is 6.73. The Balaban J connectivity index is 2.13. The fourth-order valence-corrected chi connectivity index (χ4v) is 3.64. The molecular weight excluding hydrogens is 330 g/mol. The van der Waals surface area contributed by atoms with Crippen LogP contribution in [0, 0.1) is 6.92 Å². The minimum Gasteiger partial charge on any atom is -0.383 e. The second-order valence-electron chi connectivity index (χ2n) is 5.87. The Morgan fingerprint density at radius 3 is 2.71 bits per heavy atom. The van der Waals surface area contributed by atoms with Gasteiger partial charge < -0.3 is 15.4 Å². The topological polar surface area (TPSA) is 96.5 Å². The van der Waals surface area contributed by atoms with Crippen LogP contribution >= 0.6 is 0 Å². The van der Waals surface area contributed by atoms with Gasteiger partial charge in [-0.05, 0) is 50.6 Å². The lowest BCUT2D eigenvalue weighted by atomic mass is 10.0. The van der Waals surface area contributed by atoms with Crippen LogP contribution in [-0.4, -0.2) is 53.7 Å². The molecular formula is C16H25N3O4S. The van der Waals surface area contributed by atoms with Crippen LogP contribution in [0.5, 0.6) is 0 Å². The Hall–Kier alpha value is -1.48. The van der Waals surface area contributed by atoms with E-state index in [4.69, 9.17) is 4.74 Å². The molecule has 7 nitrogen and oxygen atoms in total. The average Bonchev–Trinajstić information content (AvgIpc) is 2.56. The lowest BCUT2D eigenvalue weighted by molar-refractivity contribution is 0.0928. The zero-order valence-corrected chi connectivity index (χ0v) is 14.9. The van der Waals surface area contributed by atoms with Crippen molar-refractivity contribution in [2.24, 2.45) is 0 Å². The first-order valence-electron chi connectivity index (χ1n) is 8.05. The molecule has 2 rings (SSSR count). The van der Waals surface area contributed by atoms with E-state index in [1.54, 1.807) is 13.0 Å². The number of benzene rings is 1. The SMILES string of the molecule is COCCNS(=O)(=O)c1ccc(C)c(C(=O)NC2CCNCC2)c1. The fraction of sp³-hybridized carbons (Fsp3) is 0.562. The monoisotopic (exact) mass is 355 g/mol. The molecule has 0 radical (unpaired) electrons. The van der Waals surface area contributed by atoms with E-state index >= 15 is 0 Å². The highest BCUT2D eigenvalue weighted by Crippen LogP contribution is 2.16. The van der Waals surface area contributed by atoms with Crippen molar-refractivity contribution in [3.8, 4) is 0 Å². The van der Waals surface area contributed by atoms with E-state index in [-0.39, 0.29) is 30.0 Å². The number of amides is 1. The van der Waals surface area contributed by atoms with Crippen molar-refractivity contribution in [2.75, 3.05) is 33.4 Å². The van der Waals surface area contributed by atoms with Crippen LogP contribution in [0.1, 0.15) is 28.8 Å². The Morgan fingerprint density at radius 2 is 2.04 bits per heavy atom. The van der Waals surface area contributed by atoms with Crippen molar-refractivity contribution in [1.82, 2.24) is 15.4 Å². The molecule has 1 aromatic rings. The standard InChI is InChI=1S/C16H25N3O4S/c1-12-3-4-14(24(21,22)18-9-10-23-2)11-15(12)16(20)19-13-5-7-17-8-6-13/h3-4,11,13,17-18H,5-10H2,1-2H3,(H,19,20). The van der Waals surface area contributed by atoms with Crippen LogP contribution in [0.2, 0.25) is 0 Å². The Morgan fingerprint density at radius 1 is 1.33 bits per heavy atom. The molecule has 1 amide bonds. The van der Waals surface area contributed by atoms with Crippen molar-refractivity contribution < 1.29 is 17.9 Å². The molecule has 1 aliphatic heterocycles. The van der Waals surface area contributed by atoms with E-state index in [0.717, 1.165) is 31.5 Å². The minimum atomic E-state index is -3.66. The van der Waals surface area contributed by atoms with Gasteiger partial charge in [0.05, 0.1) is 11.5 Å². The summed E-state index contributed by atoms with van der Waals surface area (Å²) in [6.45, 7) is 4.02. The first-order chi connectivity index (χ1) is 11.4. The molecule has 3 N–H and O–H groups in total. The van der Waals surface area contributed by atoms with Gasteiger partial charge in [-0.2, -0.15) is 0 Å². The summed E-state index contributed by atoms with van der Waals surface area (Å²) < 4.78 is 31.8. The second-order valence-corrected chi connectivity index (χ2v) is 7.63. The number of piperidine rings is 1. The average molecular weight is 355 g/mol. The molecule has 8 heteroatoms. The van der Waals surface area contributed by atoms with Gasteiger partial charge in [-0.15, -0.1) is 0 Å². The summed E-state index contributed by atoms with van der Waals surface area (Å²) in [6.07, 6.45) is 1.75. The molecule has 0 unspecified atom stereocenters. The molecule has 0 aromatic heterocycles. The van der Waals surface area contributed by atoms with Gasteiger partial charge >= 0.3 is 0 Å². The van der Waals surface area contributed by atoms with Crippen LogP contribution in [0.4, 0.5) is 0 Å². The summed E-state index contributed by atoms with van der Waals surface area (Å²) in [5, 5.41) is 6.24. The summed E-state index contributed by atoms with van der Waals surface area (Å²) >= 11 is 0. The molecule has 1 fully saturated rings. The van der Waals surface area contributed by atoms with Gasteiger partial charge in [0.1, 0.15) is 0 Å². The lowest BCUT2D eigenvalue weighted by Gasteiger charge is -2.24. The number of carbonyl (C=O) groups excluding carboxylic acids is 1. The third-order valence-corrected chi connectivity index (χ3v) is 5.50. The van der Waals surface area contributed by atoms with Gasteiger partial charge in [0.2, 0.25) is 10.0 Å². The molecule has 0 aliphatic carbocycles. The summed E-state index contributed by atoms with van der Waals surface area (Å²) in [4.78, 5) is 12.6. The zero-order valence-electron chi connectivity index (χ0n) is 14.1. The van der Waals surface area contributed by atoms with Crippen molar-refractivity contribution in [3.05, 3.63) is 29.3 Å². The maximum atomic E-state index is 12.5. The number of carbonyl (C=O) groups is 1. The molecule has 0 atom stereocenters. The van der Waals surface area contributed by atoms with Crippen LogP contribution < -0.4 is 15.4 Å². The van der Waals surface area contributed by atoms with E-state index in [2.05, 4.69) is 15.4 Å². The van der Waals surface area contributed by atoms with E-state index < -0.39 is 10.0 Å². The smallest absolute Gasteiger partial charge is 0.251 e. The minimum absolute atomic E-state index is 0.0830. The quantitative estimate of drug-likeness (QED) is 0.615. The van der Waals surface area contributed by atoms with Gasteiger partial charge in [-0.3, -0.25) is 4.79 Å². The Bertz CT molecular complexity index is 670. The second kappa shape index (κ2) is 8.57. The van der Waals surface area contributed by atoms with Crippen LogP contribution in [0.3, 0.4) is 0 Å². The van der Waals surface area contributed by atoms with Gasteiger partial charge in [-0.1, -0.05) is 6.07 Å². The summed E-state index contributed by atoms with van der Waals surface area (Å²) in [5.74, 6) is -0.228. The Labute approximate surface area is 143 Å². The van der Waals surface area contributed by atoms with E-state index in [0.29, 0.717) is 5.56 Å². The van der Waals surface area contributed by atoms with Crippen LogP contribution in [0.25, 0.3) is 0 Å². The maximum Gasteiger partial charge on any atom is 0.251 e. The number of ether oxygens (including phenoxy) is 1. The van der Waals surface area contributed by atoms with E-state index in [9.17, 15) is 13.2 Å². The lowest BCUT2D eigenvalue weighted by Crippen LogP contribution is -2.42. The highest BCUT2D eigenvalue weighted by molar-refractivity contribution is 7.89. The maximum absolute atomic E-state index is 12.5. The number of rotatable bonds is 7. The molecule has 0 spiro atoms. The fourth-order valence-electron chi connectivity index (χ4n) is 2.60. The highest BCUT2D eigenvalue weighted by atomic mass is 32.2. The number of nitrogens with one attached hydrogen (secondary N) is 3. The predicted molar refractivity (Wildman–Crippen MR) is 91.6 cm³/mol. The van der Waals surface area contributed by atoms with E-state index in [1.807, 2.05) is 0 Å². The highest BCUT2D eigenvalue weighted by Gasteiger charge is 2.20. The van der Waals surface area contributed by atoms with Gasteiger partial charge in [0.15, 0.2) is 0 Å². The normalized spacial score (nSPS) is 16.1. The zero-order chi connectivity index (χ0) is 17.6.